The molecule has 0 atom stereocenters. The number of hydrogen-bond acceptors (Lipinski definition) is 7. The van der Waals surface area contributed by atoms with Crippen molar-refractivity contribution in [2.75, 3.05) is 10.0 Å². The van der Waals surface area contributed by atoms with Gasteiger partial charge in [-0.1, -0.05) is 0 Å². The number of alkyl halides is 3. The Morgan fingerprint density at radius 1 is 1.09 bits per heavy atom. The highest BCUT2D eigenvalue weighted by atomic mass is 32.2. The van der Waals surface area contributed by atoms with E-state index in [2.05, 4.69) is 30.1 Å². The first-order valence-electron chi connectivity index (χ1n) is 10.3. The Kier molecular flexibility index (Phi) is 5.39. The molecule has 0 spiro atoms. The van der Waals surface area contributed by atoms with E-state index < -0.39 is 27.8 Å². The second-order valence-electron chi connectivity index (χ2n) is 7.79. The molecule has 1 saturated carbocycles. The highest BCUT2D eigenvalue weighted by Crippen LogP contribution is 2.41. The molecule has 10 nitrogen and oxygen atoms in total. The van der Waals surface area contributed by atoms with Crippen LogP contribution in [0.2, 0.25) is 0 Å². The summed E-state index contributed by atoms with van der Waals surface area (Å²) in [5, 5.41) is 6.26. The number of hydrogen-bond donors (Lipinski definition) is 2. The number of amides is 1. The molecule has 0 aliphatic heterocycles. The maximum absolute atomic E-state index is 13.6. The minimum atomic E-state index is -4.68. The van der Waals surface area contributed by atoms with Crippen molar-refractivity contribution >= 4 is 33.2 Å². The SMILES string of the molecule is O=C(Nc1ccc(S(=O)(=O)Nc2ncccn2)cc1)c1cnn2c(C(F)(F)F)cc(C3CC3)nc12. The lowest BCUT2D eigenvalue weighted by atomic mass is 10.2. The van der Waals surface area contributed by atoms with Crippen molar-refractivity contribution in [3.63, 3.8) is 0 Å². The van der Waals surface area contributed by atoms with E-state index in [0.29, 0.717) is 4.52 Å². The first-order chi connectivity index (χ1) is 16.6. The van der Waals surface area contributed by atoms with Crippen LogP contribution >= 0.6 is 0 Å². The highest BCUT2D eigenvalue weighted by molar-refractivity contribution is 7.92. The fourth-order valence-corrected chi connectivity index (χ4v) is 4.34. The number of carbonyl (C=O) groups excluding carboxylic acids is 1. The normalized spacial score (nSPS) is 14.1. The summed E-state index contributed by atoms with van der Waals surface area (Å²) in [4.78, 5) is 24.6. The summed E-state index contributed by atoms with van der Waals surface area (Å²) in [6.45, 7) is 0. The molecule has 1 aliphatic rings. The van der Waals surface area contributed by atoms with Crippen molar-refractivity contribution in [3.8, 4) is 0 Å². The molecule has 35 heavy (non-hydrogen) atoms. The first-order valence-corrected chi connectivity index (χ1v) is 11.8. The second-order valence-corrected chi connectivity index (χ2v) is 9.47. The van der Waals surface area contributed by atoms with Crippen LogP contribution in [-0.2, 0) is 16.2 Å². The van der Waals surface area contributed by atoms with Crippen molar-refractivity contribution in [3.05, 3.63) is 71.9 Å². The predicted molar refractivity (Wildman–Crippen MR) is 117 cm³/mol. The number of halogens is 3. The average molecular weight is 503 g/mol. The smallest absolute Gasteiger partial charge is 0.322 e. The van der Waals surface area contributed by atoms with Crippen molar-refractivity contribution in [1.82, 2.24) is 24.6 Å². The molecule has 0 saturated heterocycles. The second kappa shape index (κ2) is 8.30. The minimum Gasteiger partial charge on any atom is -0.322 e. The molecule has 1 aliphatic carbocycles. The zero-order chi connectivity index (χ0) is 24.8. The average Bonchev–Trinajstić information content (AvgIpc) is 3.57. The minimum absolute atomic E-state index is 0.0729. The molecule has 2 N–H and O–H groups in total. The Bertz CT molecular complexity index is 1520. The van der Waals surface area contributed by atoms with Gasteiger partial charge in [0.15, 0.2) is 5.65 Å². The van der Waals surface area contributed by atoms with Gasteiger partial charge in [-0.3, -0.25) is 4.79 Å². The predicted octanol–water partition coefficient (Wildman–Crippen LogP) is 3.47. The molecule has 1 aromatic carbocycles. The third-order valence-electron chi connectivity index (χ3n) is 5.24. The van der Waals surface area contributed by atoms with Crippen LogP contribution in [0.4, 0.5) is 24.8 Å². The van der Waals surface area contributed by atoms with Gasteiger partial charge in [0.05, 0.1) is 11.1 Å². The van der Waals surface area contributed by atoms with Crippen molar-refractivity contribution in [2.24, 2.45) is 0 Å². The van der Waals surface area contributed by atoms with E-state index >= 15 is 0 Å². The standard InChI is InChI=1S/C21H16F3N7O3S/c22-21(23,24)17-10-16(12-2-3-12)29-18-15(11-27-31(17)18)19(32)28-13-4-6-14(7-5-13)35(33,34)30-20-25-8-1-9-26-20/h1,4-12H,2-3H2,(H,28,32)(H,25,26,30). The van der Waals surface area contributed by atoms with Crippen molar-refractivity contribution in [1.29, 1.82) is 0 Å². The maximum Gasteiger partial charge on any atom is 0.433 e. The van der Waals surface area contributed by atoms with Crippen LogP contribution < -0.4 is 10.0 Å². The summed E-state index contributed by atoms with van der Waals surface area (Å²) >= 11 is 0. The number of nitrogens with one attached hydrogen (secondary N) is 2. The van der Waals surface area contributed by atoms with Gasteiger partial charge in [0.1, 0.15) is 11.3 Å². The number of nitrogens with zero attached hydrogens (tertiary/aromatic N) is 5. The molecule has 180 valence electrons. The third kappa shape index (κ3) is 4.64. The van der Waals surface area contributed by atoms with E-state index in [0.717, 1.165) is 25.1 Å². The topological polar surface area (TPSA) is 131 Å². The number of carbonyl (C=O) groups is 1. The van der Waals surface area contributed by atoms with Crippen LogP contribution in [0.25, 0.3) is 5.65 Å². The van der Waals surface area contributed by atoms with Crippen LogP contribution in [0.3, 0.4) is 0 Å². The Morgan fingerprint density at radius 3 is 2.40 bits per heavy atom. The van der Waals surface area contributed by atoms with E-state index in [1.807, 2.05) is 0 Å². The van der Waals surface area contributed by atoms with Crippen LogP contribution in [0.1, 0.15) is 40.5 Å². The van der Waals surface area contributed by atoms with Crippen molar-refractivity contribution < 1.29 is 26.4 Å². The quantitative estimate of drug-likeness (QED) is 0.412. The number of aromatic nitrogens is 5. The molecule has 1 amide bonds. The van der Waals surface area contributed by atoms with Gasteiger partial charge in [0.2, 0.25) is 5.95 Å². The zero-order valence-corrected chi connectivity index (χ0v) is 18.5. The summed E-state index contributed by atoms with van der Waals surface area (Å²) in [6, 6.07) is 7.69. The van der Waals surface area contributed by atoms with Gasteiger partial charge < -0.3 is 5.32 Å². The first kappa shape index (κ1) is 22.7. The lowest BCUT2D eigenvalue weighted by Crippen LogP contribution is -2.16. The van der Waals surface area contributed by atoms with Crippen LogP contribution in [0.15, 0.2) is 59.9 Å². The molecule has 14 heteroatoms. The van der Waals surface area contributed by atoms with Crippen LogP contribution in [0, 0.1) is 0 Å². The Labute approximate surface area is 196 Å². The highest BCUT2D eigenvalue weighted by Gasteiger charge is 2.38. The fraction of sp³-hybridized carbons (Fsp3) is 0.190. The number of rotatable bonds is 6. The molecule has 4 aromatic rings. The number of fused-ring (bicyclic) bond motifs is 1. The van der Waals surface area contributed by atoms with Gasteiger partial charge in [0, 0.05) is 29.7 Å². The molecular formula is C21H16F3N7O3S. The maximum atomic E-state index is 13.6. The number of benzene rings is 1. The Morgan fingerprint density at radius 2 is 1.77 bits per heavy atom. The van der Waals surface area contributed by atoms with Gasteiger partial charge in [-0.05, 0) is 49.2 Å². The fourth-order valence-electron chi connectivity index (χ4n) is 3.38. The van der Waals surface area contributed by atoms with E-state index in [9.17, 15) is 26.4 Å². The summed E-state index contributed by atoms with van der Waals surface area (Å²) in [5.41, 5.74) is -0.863. The lowest BCUT2D eigenvalue weighted by molar-refractivity contribution is -0.142. The largest absolute Gasteiger partial charge is 0.433 e. The molecule has 3 heterocycles. The lowest BCUT2D eigenvalue weighted by Gasteiger charge is -2.11. The van der Waals surface area contributed by atoms with Crippen LogP contribution in [-0.4, -0.2) is 38.9 Å². The van der Waals surface area contributed by atoms with E-state index in [1.165, 1.54) is 42.7 Å². The van der Waals surface area contributed by atoms with E-state index in [-0.39, 0.29) is 39.4 Å². The van der Waals surface area contributed by atoms with Crippen LogP contribution in [0.5, 0.6) is 0 Å². The van der Waals surface area contributed by atoms with Gasteiger partial charge >= 0.3 is 6.18 Å². The summed E-state index contributed by atoms with van der Waals surface area (Å²) in [6.07, 6.45) is 0.568. The van der Waals surface area contributed by atoms with Gasteiger partial charge in [-0.2, -0.15) is 18.3 Å². The molecule has 0 unspecified atom stereocenters. The molecule has 5 rings (SSSR count). The van der Waals surface area contributed by atoms with Gasteiger partial charge in [-0.25, -0.2) is 32.6 Å². The Balaban J connectivity index is 1.39. The van der Waals surface area contributed by atoms with Gasteiger partial charge in [-0.15, -0.1) is 0 Å². The summed E-state index contributed by atoms with van der Waals surface area (Å²) in [7, 11) is -3.97. The number of sulfonamides is 1. The van der Waals surface area contributed by atoms with E-state index in [4.69, 9.17) is 0 Å². The molecule has 3 aromatic heterocycles. The van der Waals surface area contributed by atoms with Gasteiger partial charge in [0.25, 0.3) is 15.9 Å². The molecule has 0 radical (unpaired) electrons. The molecule has 1 fully saturated rings. The third-order valence-corrected chi connectivity index (χ3v) is 6.58. The molecular weight excluding hydrogens is 487 g/mol. The summed E-state index contributed by atoms with van der Waals surface area (Å²) in [5.74, 6) is -0.912. The number of anilines is 2. The monoisotopic (exact) mass is 503 g/mol. The van der Waals surface area contributed by atoms with E-state index in [1.54, 1.807) is 0 Å². The molecule has 0 bridgehead atoms. The summed E-state index contributed by atoms with van der Waals surface area (Å²) < 4.78 is 68.5. The Hall–Kier alpha value is -4.07. The zero-order valence-electron chi connectivity index (χ0n) is 17.7. The van der Waals surface area contributed by atoms with Crippen molar-refractivity contribution in [2.45, 2.75) is 29.8 Å².